The summed E-state index contributed by atoms with van der Waals surface area (Å²) in [5.74, 6) is -0.118. The van der Waals surface area contributed by atoms with Gasteiger partial charge in [-0.25, -0.2) is 9.97 Å². The van der Waals surface area contributed by atoms with Gasteiger partial charge >= 0.3 is 0 Å². The van der Waals surface area contributed by atoms with E-state index in [1.165, 1.54) is 44.9 Å². The van der Waals surface area contributed by atoms with E-state index in [2.05, 4.69) is 34.4 Å². The van der Waals surface area contributed by atoms with E-state index in [0.717, 1.165) is 18.8 Å². The Labute approximate surface area is 172 Å². The van der Waals surface area contributed by atoms with Crippen molar-refractivity contribution in [1.82, 2.24) is 20.6 Å². The van der Waals surface area contributed by atoms with Crippen LogP contribution < -0.4 is 22.1 Å². The fourth-order valence-electron chi connectivity index (χ4n) is 2.78. The maximum Gasteiger partial charge on any atom is 0.280 e. The van der Waals surface area contributed by atoms with Crippen LogP contribution in [0, 0.1) is 11.3 Å². The largest absolute Gasteiger partial charge is 0.382 e. The zero-order valence-corrected chi connectivity index (χ0v) is 17.7. The van der Waals surface area contributed by atoms with Gasteiger partial charge in [0.05, 0.1) is 0 Å². The van der Waals surface area contributed by atoms with Gasteiger partial charge in [-0.15, -0.1) is 0 Å². The molecule has 1 amide bonds. The molecule has 1 heterocycles. The van der Waals surface area contributed by atoms with Crippen LogP contribution in [0.4, 0.5) is 11.6 Å². The van der Waals surface area contributed by atoms with Crippen molar-refractivity contribution in [2.45, 2.75) is 71.6 Å². The second kappa shape index (κ2) is 13.1. The number of hydrogen-bond donors (Lipinski definition) is 5. The minimum absolute atomic E-state index is 0.0422. The van der Waals surface area contributed by atoms with E-state index in [1.54, 1.807) is 0 Å². The molecule has 0 bridgehead atoms. The van der Waals surface area contributed by atoms with Crippen LogP contribution in [-0.4, -0.2) is 28.4 Å². The average Bonchev–Trinajstić information content (AvgIpc) is 2.62. The molecule has 0 unspecified atom stereocenters. The number of carbonyl (C=O) groups is 1. The summed E-state index contributed by atoms with van der Waals surface area (Å²) < 4.78 is 0. The Morgan fingerprint density at radius 3 is 2.18 bits per heavy atom. The fraction of sp³-hybridized carbons (Fsp3) is 0.684. The molecule has 0 saturated heterocycles. The van der Waals surface area contributed by atoms with Crippen molar-refractivity contribution in [2.75, 3.05) is 18.0 Å². The summed E-state index contributed by atoms with van der Waals surface area (Å²) in [6.45, 7) is 5.17. The summed E-state index contributed by atoms with van der Waals surface area (Å²) in [4.78, 5) is 19.6. The minimum atomic E-state index is -0.651. The first kappa shape index (κ1) is 23.9. The number of nitrogens with two attached hydrogens (primary N) is 2. The van der Waals surface area contributed by atoms with Gasteiger partial charge in [-0.1, -0.05) is 76.8 Å². The summed E-state index contributed by atoms with van der Waals surface area (Å²) in [5.41, 5.74) is 10.9. The Morgan fingerprint density at radius 1 is 1.00 bits per heavy atom. The highest BCUT2D eigenvalue weighted by Crippen LogP contribution is 2.17. The van der Waals surface area contributed by atoms with Gasteiger partial charge in [-0.2, -0.15) is 0 Å². The molecule has 8 nitrogen and oxygen atoms in total. The van der Waals surface area contributed by atoms with Gasteiger partial charge in [-0.05, 0) is 12.3 Å². The predicted molar refractivity (Wildman–Crippen MR) is 115 cm³/mol. The van der Waals surface area contributed by atoms with Crippen LogP contribution in [0.3, 0.4) is 0 Å². The minimum Gasteiger partial charge on any atom is -0.382 e. The molecule has 0 aliphatic carbocycles. The Bertz CT molecular complexity index is 637. The maximum atomic E-state index is 12.1. The molecule has 158 valence electrons. The zero-order chi connectivity index (χ0) is 20.9. The molecule has 0 spiro atoms. The number of carbonyl (C=O) groups excluding carboxylic acids is 1. The topological polar surface area (TPSA) is 143 Å². The first-order chi connectivity index (χ1) is 13.3. The van der Waals surface area contributed by atoms with Gasteiger partial charge < -0.3 is 16.8 Å². The number of halogens is 1. The van der Waals surface area contributed by atoms with Gasteiger partial charge in [0.25, 0.3) is 5.91 Å². The first-order valence-corrected chi connectivity index (χ1v) is 10.4. The maximum absolute atomic E-state index is 12.1. The standard InChI is InChI=1S/C19H34ClN7O/c1-13(2)11-9-7-5-3-4-6-8-10-12-24-19(23)27-18(28)14-16(21)26-17(22)15(20)25-14/h13H,3-12H2,1-2H3,(H4,21,22,26)(H3,23,24,27,28). The lowest BCUT2D eigenvalue weighted by molar-refractivity contribution is 0.0971. The molecule has 0 saturated carbocycles. The average molecular weight is 412 g/mol. The van der Waals surface area contributed by atoms with Crippen LogP contribution in [0.25, 0.3) is 0 Å². The molecule has 28 heavy (non-hydrogen) atoms. The number of nitrogens with zero attached hydrogens (tertiary/aromatic N) is 2. The molecule has 1 aromatic heterocycles. The van der Waals surface area contributed by atoms with Crippen molar-refractivity contribution in [3.63, 3.8) is 0 Å². The summed E-state index contributed by atoms with van der Waals surface area (Å²) in [5, 5.41) is 12.9. The quantitative estimate of drug-likeness (QED) is 0.201. The van der Waals surface area contributed by atoms with Crippen LogP contribution in [-0.2, 0) is 0 Å². The third-order valence-electron chi connectivity index (χ3n) is 4.37. The van der Waals surface area contributed by atoms with Crippen molar-refractivity contribution in [1.29, 1.82) is 5.41 Å². The lowest BCUT2D eigenvalue weighted by Crippen LogP contribution is -2.41. The number of hydrogen-bond acceptors (Lipinski definition) is 6. The van der Waals surface area contributed by atoms with Crippen LogP contribution in [0.1, 0.15) is 82.1 Å². The number of anilines is 2. The number of amides is 1. The van der Waals surface area contributed by atoms with Gasteiger partial charge in [-0.3, -0.25) is 15.5 Å². The molecule has 0 aliphatic rings. The van der Waals surface area contributed by atoms with Crippen molar-refractivity contribution in [2.24, 2.45) is 5.92 Å². The highest BCUT2D eigenvalue weighted by atomic mass is 35.5. The Kier molecular flexibility index (Phi) is 11.2. The molecule has 0 radical (unpaired) electrons. The number of guanidine groups is 1. The summed E-state index contributed by atoms with van der Waals surface area (Å²) in [7, 11) is 0. The number of rotatable bonds is 12. The lowest BCUT2D eigenvalue weighted by atomic mass is 10.0. The SMILES string of the molecule is CC(C)CCCCCCCCCCNC(=N)NC(=O)c1nc(Cl)c(N)nc1N. The van der Waals surface area contributed by atoms with Gasteiger partial charge in [0.1, 0.15) is 0 Å². The van der Waals surface area contributed by atoms with E-state index in [4.69, 9.17) is 28.5 Å². The number of nitrogen functional groups attached to an aromatic ring is 2. The monoisotopic (exact) mass is 411 g/mol. The Balaban J connectivity index is 2.10. The third kappa shape index (κ3) is 9.73. The number of unbranched alkanes of at least 4 members (excludes halogenated alkanes) is 7. The highest BCUT2D eigenvalue weighted by molar-refractivity contribution is 6.31. The second-order valence-electron chi connectivity index (χ2n) is 7.40. The predicted octanol–water partition coefficient (Wildman–Crippen LogP) is 3.72. The fourth-order valence-corrected chi connectivity index (χ4v) is 2.90. The Morgan fingerprint density at radius 2 is 1.57 bits per heavy atom. The van der Waals surface area contributed by atoms with E-state index in [1.807, 2.05) is 0 Å². The van der Waals surface area contributed by atoms with Crippen LogP contribution in [0.15, 0.2) is 0 Å². The lowest BCUT2D eigenvalue weighted by Gasteiger charge is -2.10. The van der Waals surface area contributed by atoms with E-state index >= 15 is 0 Å². The third-order valence-corrected chi connectivity index (χ3v) is 4.65. The number of aromatic nitrogens is 2. The smallest absolute Gasteiger partial charge is 0.280 e. The normalized spacial score (nSPS) is 10.9. The summed E-state index contributed by atoms with van der Waals surface area (Å²) in [6.07, 6.45) is 11.1. The molecular weight excluding hydrogens is 378 g/mol. The number of nitrogens with one attached hydrogen (secondary N) is 3. The molecule has 0 atom stereocenters. The van der Waals surface area contributed by atoms with Crippen LogP contribution in [0.2, 0.25) is 5.15 Å². The van der Waals surface area contributed by atoms with E-state index in [9.17, 15) is 4.79 Å². The van der Waals surface area contributed by atoms with E-state index in [-0.39, 0.29) is 28.4 Å². The van der Waals surface area contributed by atoms with Gasteiger partial charge in [0.2, 0.25) is 0 Å². The molecule has 1 aromatic rings. The second-order valence-corrected chi connectivity index (χ2v) is 7.76. The van der Waals surface area contributed by atoms with Crippen molar-refractivity contribution in [3.8, 4) is 0 Å². The Hall–Kier alpha value is -2.09. The van der Waals surface area contributed by atoms with Crippen molar-refractivity contribution >= 4 is 35.1 Å². The molecule has 0 aromatic carbocycles. The molecule has 0 aliphatic heterocycles. The van der Waals surface area contributed by atoms with Gasteiger partial charge in [0, 0.05) is 6.54 Å². The molecule has 1 rings (SSSR count). The van der Waals surface area contributed by atoms with Crippen LogP contribution >= 0.6 is 11.6 Å². The van der Waals surface area contributed by atoms with Crippen molar-refractivity contribution in [3.05, 3.63) is 10.8 Å². The summed E-state index contributed by atoms with van der Waals surface area (Å²) >= 11 is 5.75. The first-order valence-electron chi connectivity index (χ1n) is 10.0. The molecule has 9 heteroatoms. The van der Waals surface area contributed by atoms with E-state index < -0.39 is 5.91 Å². The van der Waals surface area contributed by atoms with Crippen molar-refractivity contribution < 1.29 is 4.79 Å². The van der Waals surface area contributed by atoms with E-state index in [0.29, 0.717) is 6.54 Å². The van der Waals surface area contributed by atoms with Gasteiger partial charge in [0.15, 0.2) is 28.4 Å². The highest BCUT2D eigenvalue weighted by Gasteiger charge is 2.16. The molecule has 7 N–H and O–H groups in total. The summed E-state index contributed by atoms with van der Waals surface area (Å²) in [6, 6.07) is 0. The molecular formula is C19H34ClN7O. The molecule has 0 fully saturated rings. The van der Waals surface area contributed by atoms with Crippen LogP contribution in [0.5, 0.6) is 0 Å². The zero-order valence-electron chi connectivity index (χ0n) is 17.0.